The molecule has 1 atom stereocenters. The normalized spacial score (nSPS) is 11.8. The van der Waals surface area contributed by atoms with E-state index in [0.29, 0.717) is 13.0 Å². The fourth-order valence-corrected chi connectivity index (χ4v) is 2.08. The molecule has 3 nitrogen and oxygen atoms in total. The Morgan fingerprint density at radius 2 is 1.60 bits per heavy atom. The van der Waals surface area contributed by atoms with E-state index in [1.807, 2.05) is 60.7 Å². The van der Waals surface area contributed by atoms with Gasteiger partial charge in [0.1, 0.15) is 0 Å². The van der Waals surface area contributed by atoms with Crippen LogP contribution in [0.2, 0.25) is 0 Å². The van der Waals surface area contributed by atoms with E-state index in [4.69, 9.17) is 5.73 Å². The molecule has 0 aliphatic carbocycles. The Hall–Kier alpha value is -2.13. The molecule has 0 aliphatic heterocycles. The molecular formula is C17H20N2O. The first-order valence-corrected chi connectivity index (χ1v) is 6.87. The lowest BCUT2D eigenvalue weighted by Gasteiger charge is -2.12. The molecular weight excluding hydrogens is 248 g/mol. The summed E-state index contributed by atoms with van der Waals surface area (Å²) in [5.74, 6) is 0.0384. The van der Waals surface area contributed by atoms with Crippen LogP contribution in [-0.4, -0.2) is 12.5 Å². The van der Waals surface area contributed by atoms with Crippen molar-refractivity contribution in [3.63, 3.8) is 0 Å². The van der Waals surface area contributed by atoms with Gasteiger partial charge in [0.15, 0.2) is 0 Å². The van der Waals surface area contributed by atoms with Gasteiger partial charge in [-0.05, 0) is 17.5 Å². The molecule has 20 heavy (non-hydrogen) atoms. The van der Waals surface area contributed by atoms with Crippen molar-refractivity contribution in [2.75, 3.05) is 6.54 Å². The number of hydrogen-bond acceptors (Lipinski definition) is 2. The van der Waals surface area contributed by atoms with Crippen LogP contribution >= 0.6 is 0 Å². The van der Waals surface area contributed by atoms with E-state index in [9.17, 15) is 4.79 Å². The summed E-state index contributed by atoms with van der Waals surface area (Å²) < 4.78 is 0. The molecule has 0 saturated heterocycles. The molecule has 0 aromatic heterocycles. The molecule has 1 unspecified atom stereocenters. The topological polar surface area (TPSA) is 55.1 Å². The third-order valence-electron chi connectivity index (χ3n) is 3.21. The molecule has 0 spiro atoms. The van der Waals surface area contributed by atoms with Crippen LogP contribution in [0, 0.1) is 0 Å². The predicted molar refractivity (Wildman–Crippen MR) is 81.1 cm³/mol. The average Bonchev–Trinajstić information content (AvgIpc) is 2.49. The van der Waals surface area contributed by atoms with Crippen molar-refractivity contribution in [1.82, 2.24) is 5.32 Å². The van der Waals surface area contributed by atoms with Gasteiger partial charge < -0.3 is 11.1 Å². The fourth-order valence-electron chi connectivity index (χ4n) is 2.08. The van der Waals surface area contributed by atoms with Crippen molar-refractivity contribution in [1.29, 1.82) is 0 Å². The van der Waals surface area contributed by atoms with Gasteiger partial charge in [-0.25, -0.2) is 0 Å². The number of carbonyl (C=O) groups is 1. The first-order chi connectivity index (χ1) is 9.75. The lowest BCUT2D eigenvalue weighted by Crippen LogP contribution is -2.28. The summed E-state index contributed by atoms with van der Waals surface area (Å²) in [6.45, 7) is 0.599. The zero-order valence-corrected chi connectivity index (χ0v) is 11.5. The summed E-state index contributed by atoms with van der Waals surface area (Å²) in [5, 5.41) is 2.91. The summed E-state index contributed by atoms with van der Waals surface area (Å²) >= 11 is 0. The van der Waals surface area contributed by atoms with Crippen LogP contribution in [0.15, 0.2) is 60.7 Å². The Kier molecular flexibility index (Phi) is 5.33. The van der Waals surface area contributed by atoms with E-state index in [1.165, 1.54) is 0 Å². The number of carbonyl (C=O) groups excluding carboxylic acids is 1. The van der Waals surface area contributed by atoms with Crippen LogP contribution in [0.3, 0.4) is 0 Å². The molecule has 3 N–H and O–H groups in total. The Morgan fingerprint density at radius 1 is 1.00 bits per heavy atom. The van der Waals surface area contributed by atoms with Gasteiger partial charge >= 0.3 is 0 Å². The fraction of sp³-hybridized carbons (Fsp3) is 0.235. The minimum Gasteiger partial charge on any atom is -0.356 e. The zero-order valence-electron chi connectivity index (χ0n) is 11.5. The molecule has 0 radical (unpaired) electrons. The first-order valence-electron chi connectivity index (χ1n) is 6.87. The molecule has 0 saturated carbocycles. The van der Waals surface area contributed by atoms with Crippen LogP contribution in [0.1, 0.15) is 23.6 Å². The van der Waals surface area contributed by atoms with Crippen molar-refractivity contribution < 1.29 is 4.79 Å². The lowest BCUT2D eigenvalue weighted by molar-refractivity contribution is -0.120. The molecule has 104 valence electrons. The van der Waals surface area contributed by atoms with Crippen molar-refractivity contribution in [2.45, 2.75) is 18.9 Å². The van der Waals surface area contributed by atoms with Gasteiger partial charge in [-0.15, -0.1) is 0 Å². The van der Waals surface area contributed by atoms with Crippen molar-refractivity contribution in [3.05, 3.63) is 71.8 Å². The molecule has 0 heterocycles. The highest BCUT2D eigenvalue weighted by molar-refractivity contribution is 5.78. The number of nitrogens with one attached hydrogen (secondary N) is 1. The first kappa shape index (κ1) is 14.3. The van der Waals surface area contributed by atoms with Crippen LogP contribution in [0.4, 0.5) is 0 Å². The monoisotopic (exact) mass is 268 g/mol. The van der Waals surface area contributed by atoms with Crippen molar-refractivity contribution in [3.8, 4) is 0 Å². The van der Waals surface area contributed by atoms with Crippen LogP contribution in [0.25, 0.3) is 0 Å². The standard InChI is InChI=1S/C17H20N2O/c18-16(15-9-5-2-6-10-15)11-12-19-17(20)13-14-7-3-1-4-8-14/h1-10,16H,11-13,18H2,(H,19,20). The molecule has 0 bridgehead atoms. The quantitative estimate of drug-likeness (QED) is 0.845. The summed E-state index contributed by atoms with van der Waals surface area (Å²) in [6.07, 6.45) is 1.16. The van der Waals surface area contributed by atoms with Gasteiger partial charge in [-0.1, -0.05) is 60.7 Å². The summed E-state index contributed by atoms with van der Waals surface area (Å²) in [4.78, 5) is 11.8. The maximum absolute atomic E-state index is 11.8. The lowest BCUT2D eigenvalue weighted by atomic mass is 10.0. The van der Waals surface area contributed by atoms with Crippen molar-refractivity contribution >= 4 is 5.91 Å². The maximum Gasteiger partial charge on any atom is 0.224 e. The molecule has 0 fully saturated rings. The van der Waals surface area contributed by atoms with E-state index in [-0.39, 0.29) is 11.9 Å². The van der Waals surface area contributed by atoms with Crippen LogP contribution < -0.4 is 11.1 Å². The highest BCUT2D eigenvalue weighted by atomic mass is 16.1. The number of amides is 1. The van der Waals surface area contributed by atoms with Crippen molar-refractivity contribution in [2.24, 2.45) is 5.73 Å². The third kappa shape index (κ3) is 4.52. The Labute approximate surface area is 119 Å². The molecule has 0 aliphatic rings. The third-order valence-corrected chi connectivity index (χ3v) is 3.21. The highest BCUT2D eigenvalue weighted by Gasteiger charge is 2.06. The van der Waals surface area contributed by atoms with E-state index in [2.05, 4.69) is 5.32 Å². The number of benzene rings is 2. The second-order valence-corrected chi connectivity index (χ2v) is 4.82. The summed E-state index contributed by atoms with van der Waals surface area (Å²) in [6, 6.07) is 19.6. The van der Waals surface area contributed by atoms with Crippen LogP contribution in [-0.2, 0) is 11.2 Å². The Morgan fingerprint density at radius 3 is 2.25 bits per heavy atom. The number of nitrogens with two attached hydrogens (primary N) is 1. The van der Waals surface area contributed by atoms with Gasteiger partial charge in [0.05, 0.1) is 6.42 Å². The summed E-state index contributed by atoms with van der Waals surface area (Å²) in [7, 11) is 0. The maximum atomic E-state index is 11.8. The predicted octanol–water partition coefficient (Wildman–Crippen LogP) is 2.44. The van der Waals surface area contributed by atoms with Gasteiger partial charge in [0.25, 0.3) is 0 Å². The number of hydrogen-bond donors (Lipinski definition) is 2. The largest absolute Gasteiger partial charge is 0.356 e. The minimum atomic E-state index is -0.0341. The molecule has 2 aromatic rings. The SMILES string of the molecule is NC(CCNC(=O)Cc1ccccc1)c1ccccc1. The average molecular weight is 268 g/mol. The van der Waals surface area contributed by atoms with Gasteiger partial charge in [-0.3, -0.25) is 4.79 Å². The Balaban J connectivity index is 1.72. The van der Waals surface area contributed by atoms with E-state index >= 15 is 0 Å². The number of rotatable bonds is 6. The van der Waals surface area contributed by atoms with Gasteiger partial charge in [-0.2, -0.15) is 0 Å². The minimum absolute atomic E-state index is 0.0341. The molecule has 1 amide bonds. The zero-order chi connectivity index (χ0) is 14.2. The molecule has 3 heteroatoms. The van der Waals surface area contributed by atoms with Gasteiger partial charge in [0, 0.05) is 12.6 Å². The van der Waals surface area contributed by atoms with Gasteiger partial charge in [0.2, 0.25) is 5.91 Å². The summed E-state index contributed by atoms with van der Waals surface area (Å²) in [5.41, 5.74) is 8.21. The van der Waals surface area contributed by atoms with E-state index in [1.54, 1.807) is 0 Å². The molecule has 2 rings (SSSR count). The van der Waals surface area contributed by atoms with Crippen LogP contribution in [0.5, 0.6) is 0 Å². The Bertz CT molecular complexity index is 525. The molecule has 2 aromatic carbocycles. The second kappa shape index (κ2) is 7.46. The smallest absolute Gasteiger partial charge is 0.224 e. The highest BCUT2D eigenvalue weighted by Crippen LogP contribution is 2.12. The second-order valence-electron chi connectivity index (χ2n) is 4.82. The van der Waals surface area contributed by atoms with E-state index in [0.717, 1.165) is 17.5 Å². The van der Waals surface area contributed by atoms with E-state index < -0.39 is 0 Å².